The molecule has 10 nitrogen and oxygen atoms in total. The van der Waals surface area contributed by atoms with E-state index >= 15 is 0 Å². The molecule has 1 saturated heterocycles. The predicted molar refractivity (Wildman–Crippen MR) is 125 cm³/mol. The number of alkyl halides is 3. The second-order valence-corrected chi connectivity index (χ2v) is 9.43. The Morgan fingerprint density at radius 2 is 2.11 bits per heavy atom. The summed E-state index contributed by atoms with van der Waals surface area (Å²) in [5.41, 5.74) is -2.62. The second kappa shape index (κ2) is 8.82. The lowest BCUT2D eigenvalue weighted by molar-refractivity contribution is -0.181. The number of urea groups is 1. The van der Waals surface area contributed by atoms with Crippen LogP contribution >= 0.6 is 23.2 Å². The molecule has 0 radical (unpaired) electrons. The summed E-state index contributed by atoms with van der Waals surface area (Å²) in [5, 5.41) is 9.72. The fourth-order valence-corrected chi connectivity index (χ4v) is 4.80. The summed E-state index contributed by atoms with van der Waals surface area (Å²) in [5.74, 6) is 0.218. The number of ether oxygens (including phenoxy) is 2. The summed E-state index contributed by atoms with van der Waals surface area (Å²) in [4.78, 5) is 22.6. The zero-order valence-corrected chi connectivity index (χ0v) is 20.5. The van der Waals surface area contributed by atoms with Gasteiger partial charge in [-0.1, -0.05) is 23.2 Å². The lowest BCUT2D eigenvalue weighted by atomic mass is 9.88. The third kappa shape index (κ3) is 4.04. The third-order valence-electron chi connectivity index (χ3n) is 6.22. The van der Waals surface area contributed by atoms with Gasteiger partial charge in [0.1, 0.15) is 17.3 Å². The molecule has 192 valence electrons. The van der Waals surface area contributed by atoms with E-state index in [4.69, 9.17) is 32.7 Å². The van der Waals surface area contributed by atoms with Crippen LogP contribution < -0.4 is 25.0 Å². The molecule has 2 aliphatic heterocycles. The summed E-state index contributed by atoms with van der Waals surface area (Å²) in [6.45, 7) is 1.65. The Bertz CT molecular complexity index is 1350. The quantitative estimate of drug-likeness (QED) is 0.509. The molecule has 2 atom stereocenters. The van der Waals surface area contributed by atoms with Crippen molar-refractivity contribution in [3.63, 3.8) is 0 Å². The van der Waals surface area contributed by atoms with E-state index in [2.05, 4.69) is 25.7 Å². The van der Waals surface area contributed by atoms with E-state index in [0.29, 0.717) is 6.54 Å². The van der Waals surface area contributed by atoms with E-state index < -0.39 is 24.2 Å². The van der Waals surface area contributed by atoms with Gasteiger partial charge in [-0.25, -0.2) is 14.3 Å². The van der Waals surface area contributed by atoms with Crippen LogP contribution in [0, 0.1) is 0 Å². The van der Waals surface area contributed by atoms with Crippen LogP contribution in [-0.2, 0) is 5.41 Å². The monoisotopic (exact) mass is 545 g/mol. The standard InChI is InChI=1S/C21H20Cl2F3N7O3/c1-20(21(24,25)26)9-32(12-8-28-15-6-13(23)31-33(15)17(12)20)19(34)30-14-5-11(22)16(35-2)18(29-14)36-10-3-4-27-7-10/h5-6,8,10,27H,3-4,7,9H2,1-2H3,(H,29,30,34)/t10-,20-/m0/s1. The van der Waals surface area contributed by atoms with Gasteiger partial charge in [0.25, 0.3) is 5.88 Å². The van der Waals surface area contributed by atoms with Crippen LogP contribution in [0.1, 0.15) is 19.0 Å². The highest BCUT2D eigenvalue weighted by Crippen LogP contribution is 2.50. The van der Waals surface area contributed by atoms with Crippen molar-refractivity contribution in [2.75, 3.05) is 37.0 Å². The Morgan fingerprint density at radius 1 is 1.33 bits per heavy atom. The van der Waals surface area contributed by atoms with Crippen molar-refractivity contribution in [1.82, 2.24) is 24.9 Å². The van der Waals surface area contributed by atoms with Crippen molar-refractivity contribution in [2.24, 2.45) is 0 Å². The number of rotatable bonds is 4. The number of carbonyl (C=O) groups excluding carboxylic acids is 1. The van der Waals surface area contributed by atoms with E-state index in [1.54, 1.807) is 0 Å². The molecule has 5 heterocycles. The van der Waals surface area contributed by atoms with Gasteiger partial charge in [-0.05, 0) is 19.9 Å². The number of amides is 2. The van der Waals surface area contributed by atoms with Crippen molar-refractivity contribution < 1.29 is 27.4 Å². The highest BCUT2D eigenvalue weighted by molar-refractivity contribution is 6.32. The molecule has 5 rings (SSSR count). The van der Waals surface area contributed by atoms with Crippen molar-refractivity contribution in [3.8, 4) is 11.6 Å². The van der Waals surface area contributed by atoms with Gasteiger partial charge in [0.2, 0.25) is 0 Å². The van der Waals surface area contributed by atoms with Gasteiger partial charge in [-0.15, -0.1) is 0 Å². The number of carbonyl (C=O) groups is 1. The van der Waals surface area contributed by atoms with Gasteiger partial charge in [0.15, 0.2) is 16.5 Å². The zero-order valence-electron chi connectivity index (χ0n) is 19.0. The first kappa shape index (κ1) is 24.7. The number of nitrogens with one attached hydrogen (secondary N) is 2. The molecule has 2 amide bonds. The molecule has 0 aliphatic carbocycles. The van der Waals surface area contributed by atoms with Crippen molar-refractivity contribution >= 4 is 46.4 Å². The number of methoxy groups -OCH3 is 1. The first-order chi connectivity index (χ1) is 17.0. The molecule has 3 aromatic heterocycles. The zero-order chi connectivity index (χ0) is 25.8. The van der Waals surface area contributed by atoms with E-state index in [-0.39, 0.29) is 50.8 Å². The maximum absolute atomic E-state index is 14.3. The van der Waals surface area contributed by atoms with Crippen molar-refractivity contribution in [1.29, 1.82) is 0 Å². The smallest absolute Gasteiger partial charge is 0.401 e. The molecule has 2 aliphatic rings. The van der Waals surface area contributed by atoms with Crippen molar-refractivity contribution in [3.05, 3.63) is 34.2 Å². The van der Waals surface area contributed by atoms with Gasteiger partial charge in [-0.2, -0.15) is 23.3 Å². The minimum absolute atomic E-state index is 0.0228. The molecule has 0 spiro atoms. The van der Waals surface area contributed by atoms with Crippen LogP contribution in [-0.4, -0.2) is 64.6 Å². The van der Waals surface area contributed by atoms with E-state index in [9.17, 15) is 18.0 Å². The van der Waals surface area contributed by atoms with Crippen LogP contribution in [0.15, 0.2) is 18.3 Å². The largest absolute Gasteiger partial charge is 0.490 e. The first-order valence-electron chi connectivity index (χ1n) is 10.8. The number of anilines is 2. The minimum atomic E-state index is -4.71. The summed E-state index contributed by atoms with van der Waals surface area (Å²) in [7, 11) is 1.40. The Balaban J connectivity index is 1.50. The summed E-state index contributed by atoms with van der Waals surface area (Å²) in [6.07, 6.45) is -2.96. The Morgan fingerprint density at radius 3 is 2.78 bits per heavy atom. The molecule has 2 N–H and O–H groups in total. The lowest BCUT2D eigenvalue weighted by Crippen LogP contribution is -2.46. The predicted octanol–water partition coefficient (Wildman–Crippen LogP) is 4.05. The molecular weight excluding hydrogens is 526 g/mol. The molecule has 0 bridgehead atoms. The molecule has 1 fully saturated rings. The Kier molecular flexibility index (Phi) is 6.04. The molecule has 0 aromatic carbocycles. The van der Waals surface area contributed by atoms with Crippen LogP contribution in [0.2, 0.25) is 10.2 Å². The van der Waals surface area contributed by atoms with E-state index in [1.807, 2.05) is 0 Å². The number of hydrogen-bond acceptors (Lipinski definition) is 7. The minimum Gasteiger partial charge on any atom is -0.490 e. The van der Waals surface area contributed by atoms with Gasteiger partial charge >= 0.3 is 12.2 Å². The maximum Gasteiger partial charge on any atom is 0.401 e. The molecule has 0 saturated carbocycles. The molecular formula is C21H20Cl2F3N7O3. The number of halogens is 5. The summed E-state index contributed by atoms with van der Waals surface area (Å²) in [6, 6.07) is 1.80. The number of nitrogens with zero attached hydrogens (tertiary/aromatic N) is 5. The molecule has 15 heteroatoms. The van der Waals surface area contributed by atoms with E-state index in [0.717, 1.165) is 29.3 Å². The molecule has 3 aromatic rings. The second-order valence-electron chi connectivity index (χ2n) is 8.64. The van der Waals surface area contributed by atoms with Crippen LogP contribution in [0.3, 0.4) is 0 Å². The van der Waals surface area contributed by atoms with Gasteiger partial charge in [0, 0.05) is 25.2 Å². The van der Waals surface area contributed by atoms with Crippen LogP contribution in [0.5, 0.6) is 11.6 Å². The molecule has 36 heavy (non-hydrogen) atoms. The number of aromatic nitrogens is 4. The van der Waals surface area contributed by atoms with Crippen molar-refractivity contribution in [2.45, 2.75) is 31.0 Å². The lowest BCUT2D eigenvalue weighted by Gasteiger charge is -2.28. The van der Waals surface area contributed by atoms with Crippen LogP contribution in [0.4, 0.5) is 29.5 Å². The average Bonchev–Trinajstić information content (AvgIpc) is 3.50. The highest BCUT2D eigenvalue weighted by atomic mass is 35.5. The van der Waals surface area contributed by atoms with Gasteiger partial charge < -0.3 is 14.8 Å². The van der Waals surface area contributed by atoms with Crippen LogP contribution in [0.25, 0.3) is 5.65 Å². The number of fused-ring (bicyclic) bond motifs is 3. The maximum atomic E-state index is 14.3. The number of pyridine rings is 1. The average molecular weight is 546 g/mol. The van der Waals surface area contributed by atoms with Gasteiger partial charge in [0.05, 0.1) is 29.7 Å². The number of hydrogen-bond donors (Lipinski definition) is 2. The summed E-state index contributed by atoms with van der Waals surface area (Å²) >= 11 is 12.2. The fourth-order valence-electron chi connectivity index (χ4n) is 4.36. The summed E-state index contributed by atoms with van der Waals surface area (Å²) < 4.78 is 55.0. The normalized spacial score (nSPS) is 21.6. The molecule has 0 unspecified atom stereocenters. The Labute approximate surface area is 212 Å². The van der Waals surface area contributed by atoms with E-state index in [1.165, 1.54) is 25.4 Å². The highest BCUT2D eigenvalue weighted by Gasteiger charge is 2.60. The SMILES string of the molecule is COc1c(Cl)cc(NC(=O)N2C[C@](C)(C(F)(F)F)c3c2cnc2cc(Cl)nn32)nc1O[C@H]1CCNC1. The third-order valence-corrected chi connectivity index (χ3v) is 6.69. The Hall–Kier alpha value is -3.03. The fraction of sp³-hybridized carbons (Fsp3) is 0.429. The first-order valence-corrected chi connectivity index (χ1v) is 11.6. The van der Waals surface area contributed by atoms with Gasteiger partial charge in [-0.3, -0.25) is 10.2 Å². The topological polar surface area (TPSA) is 106 Å².